The lowest BCUT2D eigenvalue weighted by Gasteiger charge is -2.40. The van der Waals surface area contributed by atoms with Gasteiger partial charge in [0.2, 0.25) is 0 Å². The van der Waals surface area contributed by atoms with Crippen LogP contribution in [0.4, 0.5) is 14.6 Å². The molecule has 2 aromatic carbocycles. The Morgan fingerprint density at radius 2 is 1.90 bits per heavy atom. The van der Waals surface area contributed by atoms with Crippen LogP contribution < -0.4 is 5.73 Å². The number of anilines is 1. The van der Waals surface area contributed by atoms with Crippen LogP contribution in [0.25, 0.3) is 16.8 Å². The van der Waals surface area contributed by atoms with Gasteiger partial charge in [-0.05, 0) is 37.0 Å². The number of fused-ring (bicyclic) bond motifs is 1. The average molecular weight is 420 g/mol. The molecule has 2 aromatic heterocycles. The molecule has 31 heavy (non-hydrogen) atoms. The molecule has 3 N–H and O–H groups in total. The second-order valence-corrected chi connectivity index (χ2v) is 8.54. The summed E-state index contributed by atoms with van der Waals surface area (Å²) in [4.78, 5) is 9.09. The molecule has 4 aromatic rings. The molecule has 5 rings (SSSR count). The Bertz CT molecular complexity index is 1270. The predicted molar refractivity (Wildman–Crippen MR) is 115 cm³/mol. The Morgan fingerprint density at radius 3 is 2.61 bits per heavy atom. The summed E-state index contributed by atoms with van der Waals surface area (Å²) < 4.78 is 29.4. The highest BCUT2D eigenvalue weighted by molar-refractivity contribution is 5.85. The highest BCUT2D eigenvalue weighted by Gasteiger charge is 2.41. The zero-order valence-electron chi connectivity index (χ0n) is 17.0. The smallest absolute Gasteiger partial charge is 0.162 e. The summed E-state index contributed by atoms with van der Waals surface area (Å²) in [5, 5.41) is 10.2. The van der Waals surface area contributed by atoms with Crippen molar-refractivity contribution in [2.75, 3.05) is 5.73 Å². The number of aliphatic hydroxyl groups is 1. The Balaban J connectivity index is 1.50. The molecule has 1 aliphatic rings. The molecule has 5 nitrogen and oxygen atoms in total. The minimum Gasteiger partial charge on any atom is -0.390 e. The summed E-state index contributed by atoms with van der Waals surface area (Å²) in [6.45, 7) is 1.83. The standard InChI is InChI=1S/C24H22F2N4O/c1-24(31)12-17(13-24)23-29-20(21-22(27)28-9-10-30(21)23)15-7-5-14(6-8-15)11-16-3-2-4-18(25)19(16)26/h2-10,17,31H,11-13H2,1H3,(H2,27,28). The van der Waals surface area contributed by atoms with Gasteiger partial charge in [-0.15, -0.1) is 0 Å². The van der Waals surface area contributed by atoms with Crippen LogP contribution in [-0.4, -0.2) is 25.1 Å². The van der Waals surface area contributed by atoms with Crippen molar-refractivity contribution in [3.05, 3.63) is 83.4 Å². The third kappa shape index (κ3) is 3.45. The summed E-state index contributed by atoms with van der Waals surface area (Å²) in [6, 6.07) is 11.8. The third-order valence-electron chi connectivity index (χ3n) is 6.00. The van der Waals surface area contributed by atoms with E-state index in [0.717, 1.165) is 34.2 Å². The van der Waals surface area contributed by atoms with Gasteiger partial charge in [-0.2, -0.15) is 0 Å². The fourth-order valence-electron chi connectivity index (χ4n) is 4.45. The highest BCUT2D eigenvalue weighted by Crippen LogP contribution is 2.45. The number of nitrogen functional groups attached to an aromatic ring is 1. The number of benzene rings is 2. The Labute approximate surface area is 178 Å². The van der Waals surface area contributed by atoms with Crippen LogP contribution in [-0.2, 0) is 6.42 Å². The van der Waals surface area contributed by atoms with E-state index in [1.807, 2.05) is 41.8 Å². The zero-order valence-corrected chi connectivity index (χ0v) is 17.0. The lowest BCUT2D eigenvalue weighted by molar-refractivity contribution is -0.0335. The van der Waals surface area contributed by atoms with Crippen molar-refractivity contribution in [3.8, 4) is 11.3 Å². The maximum atomic E-state index is 14.0. The number of nitrogens with two attached hydrogens (primary N) is 1. The summed E-state index contributed by atoms with van der Waals surface area (Å²) in [5.74, 6) is -0.270. The molecule has 0 amide bonds. The Morgan fingerprint density at radius 1 is 1.16 bits per heavy atom. The molecule has 158 valence electrons. The molecular formula is C24H22F2N4O. The molecule has 0 unspecified atom stereocenters. The number of halogens is 2. The van der Waals surface area contributed by atoms with Gasteiger partial charge in [0.1, 0.15) is 22.9 Å². The fraction of sp³-hybridized carbons (Fsp3) is 0.250. The first kappa shape index (κ1) is 19.6. The average Bonchev–Trinajstić information content (AvgIpc) is 3.11. The van der Waals surface area contributed by atoms with Crippen molar-refractivity contribution in [1.29, 1.82) is 0 Å². The number of hydrogen-bond donors (Lipinski definition) is 2. The van der Waals surface area contributed by atoms with Crippen molar-refractivity contribution < 1.29 is 13.9 Å². The second kappa shape index (κ2) is 7.13. The van der Waals surface area contributed by atoms with Crippen molar-refractivity contribution in [2.45, 2.75) is 37.7 Å². The van der Waals surface area contributed by atoms with Gasteiger partial charge in [0, 0.05) is 30.3 Å². The molecule has 2 heterocycles. The first-order chi connectivity index (χ1) is 14.8. The van der Waals surface area contributed by atoms with Crippen LogP contribution in [0.1, 0.15) is 42.6 Å². The minimum atomic E-state index is -0.843. The van der Waals surface area contributed by atoms with E-state index in [2.05, 4.69) is 4.98 Å². The van der Waals surface area contributed by atoms with Gasteiger partial charge in [-0.25, -0.2) is 18.7 Å². The van der Waals surface area contributed by atoms with E-state index in [1.165, 1.54) is 6.07 Å². The third-order valence-corrected chi connectivity index (χ3v) is 6.00. The van der Waals surface area contributed by atoms with E-state index < -0.39 is 17.2 Å². The highest BCUT2D eigenvalue weighted by atomic mass is 19.2. The molecule has 0 bridgehead atoms. The van der Waals surface area contributed by atoms with E-state index >= 15 is 0 Å². The molecule has 0 radical (unpaired) electrons. The van der Waals surface area contributed by atoms with Crippen LogP contribution in [0.15, 0.2) is 54.9 Å². The van der Waals surface area contributed by atoms with Crippen molar-refractivity contribution in [3.63, 3.8) is 0 Å². The van der Waals surface area contributed by atoms with Crippen molar-refractivity contribution in [2.24, 2.45) is 0 Å². The molecule has 0 spiro atoms. The van der Waals surface area contributed by atoms with Gasteiger partial charge in [-0.1, -0.05) is 36.4 Å². The lowest BCUT2D eigenvalue weighted by atomic mass is 9.72. The van der Waals surface area contributed by atoms with Crippen LogP contribution >= 0.6 is 0 Å². The number of nitrogens with zero attached hydrogens (tertiary/aromatic N) is 3. The van der Waals surface area contributed by atoms with Crippen molar-refractivity contribution >= 4 is 11.3 Å². The SMILES string of the molecule is CC1(O)CC(c2nc(-c3ccc(Cc4cccc(F)c4F)cc3)c3c(N)nccn23)C1. The largest absolute Gasteiger partial charge is 0.390 e. The van der Waals surface area contributed by atoms with Gasteiger partial charge in [0.05, 0.1) is 5.60 Å². The number of aromatic nitrogens is 3. The van der Waals surface area contributed by atoms with Gasteiger partial charge in [0.15, 0.2) is 11.6 Å². The monoisotopic (exact) mass is 420 g/mol. The molecule has 0 aliphatic heterocycles. The molecule has 1 fully saturated rings. The minimum absolute atomic E-state index is 0.147. The quantitative estimate of drug-likeness (QED) is 0.511. The number of imidazole rings is 1. The van der Waals surface area contributed by atoms with Crippen LogP contribution in [0, 0.1) is 11.6 Å². The normalized spacial score (nSPS) is 20.7. The van der Waals surface area contributed by atoms with Crippen LogP contribution in [0.2, 0.25) is 0 Å². The number of hydrogen-bond acceptors (Lipinski definition) is 4. The maximum absolute atomic E-state index is 14.0. The number of rotatable bonds is 4. The molecule has 1 saturated carbocycles. The van der Waals surface area contributed by atoms with E-state index in [9.17, 15) is 13.9 Å². The lowest BCUT2D eigenvalue weighted by Crippen LogP contribution is -2.40. The topological polar surface area (TPSA) is 76.4 Å². The van der Waals surface area contributed by atoms with Crippen molar-refractivity contribution in [1.82, 2.24) is 14.4 Å². The summed E-state index contributed by atoms with van der Waals surface area (Å²) in [5.41, 5.74) is 9.00. The van der Waals surface area contributed by atoms with Gasteiger partial charge in [0.25, 0.3) is 0 Å². The molecule has 1 aliphatic carbocycles. The Hall–Kier alpha value is -3.32. The van der Waals surface area contributed by atoms with Gasteiger partial charge >= 0.3 is 0 Å². The summed E-state index contributed by atoms with van der Waals surface area (Å²) in [7, 11) is 0. The van der Waals surface area contributed by atoms with E-state index in [1.54, 1.807) is 12.3 Å². The molecular weight excluding hydrogens is 398 g/mol. The predicted octanol–water partition coefficient (Wildman–Crippen LogP) is 4.48. The van der Waals surface area contributed by atoms with Gasteiger partial charge < -0.3 is 10.8 Å². The first-order valence-corrected chi connectivity index (χ1v) is 10.2. The van der Waals surface area contributed by atoms with Crippen LogP contribution in [0.5, 0.6) is 0 Å². The fourth-order valence-corrected chi connectivity index (χ4v) is 4.45. The summed E-state index contributed by atoms with van der Waals surface area (Å²) >= 11 is 0. The van der Waals surface area contributed by atoms with Crippen LogP contribution in [0.3, 0.4) is 0 Å². The second-order valence-electron chi connectivity index (χ2n) is 8.54. The Kier molecular flexibility index (Phi) is 4.51. The molecule has 0 atom stereocenters. The first-order valence-electron chi connectivity index (χ1n) is 10.2. The van der Waals surface area contributed by atoms with E-state index in [0.29, 0.717) is 30.6 Å². The maximum Gasteiger partial charge on any atom is 0.162 e. The summed E-state index contributed by atoms with van der Waals surface area (Å²) in [6.07, 6.45) is 5.06. The molecule has 7 heteroatoms. The molecule has 0 saturated heterocycles. The zero-order chi connectivity index (χ0) is 21.8. The van der Waals surface area contributed by atoms with E-state index in [4.69, 9.17) is 10.7 Å². The van der Waals surface area contributed by atoms with Gasteiger partial charge in [-0.3, -0.25) is 4.40 Å². The van der Waals surface area contributed by atoms with E-state index in [-0.39, 0.29) is 5.92 Å².